The Morgan fingerprint density at radius 2 is 1.86 bits per heavy atom. The summed E-state index contributed by atoms with van der Waals surface area (Å²) in [6, 6.07) is 0.421. The van der Waals surface area contributed by atoms with Gasteiger partial charge in [0.2, 0.25) is 5.91 Å². The summed E-state index contributed by atoms with van der Waals surface area (Å²) >= 11 is 0. The molecule has 0 aromatic rings. The third-order valence-corrected chi connectivity index (χ3v) is 5.08. The largest absolute Gasteiger partial charge is 0.341 e. The second kappa shape index (κ2) is 8.96. The van der Waals surface area contributed by atoms with Crippen molar-refractivity contribution in [2.45, 2.75) is 64.5 Å². The minimum atomic E-state index is -0.347. The Labute approximate surface area is 135 Å². The fourth-order valence-electron chi connectivity index (χ4n) is 3.57. The Bertz CT molecular complexity index is 317. The summed E-state index contributed by atoms with van der Waals surface area (Å²) in [5.41, 5.74) is 5.67. The average molecular weight is 318 g/mol. The first-order chi connectivity index (χ1) is 9.58. The number of halogens is 1. The van der Waals surface area contributed by atoms with Crippen LogP contribution in [0.5, 0.6) is 0 Å². The molecule has 5 heteroatoms. The molecule has 0 bridgehead atoms. The highest BCUT2D eigenvalue weighted by Gasteiger charge is 2.25. The van der Waals surface area contributed by atoms with Gasteiger partial charge in [0.25, 0.3) is 0 Å². The van der Waals surface area contributed by atoms with Crippen LogP contribution in [0.15, 0.2) is 0 Å². The van der Waals surface area contributed by atoms with Crippen LogP contribution in [0.2, 0.25) is 0 Å². The predicted octanol–water partition coefficient (Wildman–Crippen LogP) is 2.26. The van der Waals surface area contributed by atoms with Crippen molar-refractivity contribution >= 4 is 18.3 Å². The molecular weight excluding hydrogens is 286 g/mol. The highest BCUT2D eigenvalue weighted by Crippen LogP contribution is 2.23. The number of nitrogens with two attached hydrogens (primary N) is 1. The van der Waals surface area contributed by atoms with Crippen molar-refractivity contribution < 1.29 is 4.79 Å². The minimum absolute atomic E-state index is 0. The van der Waals surface area contributed by atoms with E-state index in [9.17, 15) is 4.79 Å². The normalized spacial score (nSPS) is 26.2. The number of amides is 1. The van der Waals surface area contributed by atoms with Gasteiger partial charge in [0.05, 0.1) is 6.04 Å². The molecule has 2 saturated heterocycles. The first kappa shape index (κ1) is 18.7. The average Bonchev–Trinajstić information content (AvgIpc) is 2.46. The van der Waals surface area contributed by atoms with Crippen molar-refractivity contribution in [2.75, 3.05) is 26.2 Å². The van der Waals surface area contributed by atoms with Gasteiger partial charge in [-0.05, 0) is 65.0 Å². The number of carbonyl (C=O) groups is 1. The highest BCUT2D eigenvalue weighted by molar-refractivity contribution is 5.85. The summed E-state index contributed by atoms with van der Waals surface area (Å²) in [7, 11) is 0. The van der Waals surface area contributed by atoms with Crippen molar-refractivity contribution in [1.29, 1.82) is 0 Å². The number of piperidine rings is 2. The summed E-state index contributed by atoms with van der Waals surface area (Å²) in [4.78, 5) is 16.5. The van der Waals surface area contributed by atoms with E-state index in [1.54, 1.807) is 6.92 Å². The van der Waals surface area contributed by atoms with Gasteiger partial charge in [-0.25, -0.2) is 0 Å². The lowest BCUT2D eigenvalue weighted by Gasteiger charge is -2.36. The number of hydrogen-bond donors (Lipinski definition) is 1. The van der Waals surface area contributed by atoms with E-state index in [0.717, 1.165) is 37.9 Å². The summed E-state index contributed by atoms with van der Waals surface area (Å²) in [6.07, 6.45) is 7.73. The minimum Gasteiger partial charge on any atom is -0.341 e. The topological polar surface area (TPSA) is 49.6 Å². The SMILES string of the molecule is CC(N)C(=O)N1CCC(CCN2CCCCC2C)CC1.Cl. The van der Waals surface area contributed by atoms with Gasteiger partial charge in [-0.1, -0.05) is 6.42 Å². The Morgan fingerprint density at radius 1 is 1.19 bits per heavy atom. The van der Waals surface area contributed by atoms with Crippen LogP contribution in [-0.4, -0.2) is 54.0 Å². The van der Waals surface area contributed by atoms with E-state index in [1.165, 1.54) is 38.8 Å². The van der Waals surface area contributed by atoms with Gasteiger partial charge < -0.3 is 15.5 Å². The van der Waals surface area contributed by atoms with E-state index in [4.69, 9.17) is 5.73 Å². The van der Waals surface area contributed by atoms with Crippen LogP contribution in [0, 0.1) is 5.92 Å². The molecule has 0 aliphatic carbocycles. The number of hydrogen-bond acceptors (Lipinski definition) is 3. The van der Waals surface area contributed by atoms with Crippen molar-refractivity contribution in [2.24, 2.45) is 11.7 Å². The molecule has 0 aromatic carbocycles. The zero-order valence-corrected chi connectivity index (χ0v) is 14.4. The van der Waals surface area contributed by atoms with E-state index in [1.807, 2.05) is 4.90 Å². The number of rotatable bonds is 4. The zero-order chi connectivity index (χ0) is 14.5. The quantitative estimate of drug-likeness (QED) is 0.865. The highest BCUT2D eigenvalue weighted by atomic mass is 35.5. The molecule has 1 amide bonds. The second-order valence-corrected chi connectivity index (χ2v) is 6.73. The molecule has 0 radical (unpaired) electrons. The third-order valence-electron chi connectivity index (χ3n) is 5.08. The summed E-state index contributed by atoms with van der Waals surface area (Å²) < 4.78 is 0. The Kier molecular flexibility index (Phi) is 7.99. The predicted molar refractivity (Wildman–Crippen MR) is 89.7 cm³/mol. The molecule has 124 valence electrons. The second-order valence-electron chi connectivity index (χ2n) is 6.73. The van der Waals surface area contributed by atoms with E-state index < -0.39 is 0 Å². The van der Waals surface area contributed by atoms with E-state index in [2.05, 4.69) is 11.8 Å². The van der Waals surface area contributed by atoms with Gasteiger partial charge in [-0.3, -0.25) is 4.79 Å². The number of carbonyl (C=O) groups excluding carboxylic acids is 1. The van der Waals surface area contributed by atoms with E-state index in [-0.39, 0.29) is 24.4 Å². The molecule has 21 heavy (non-hydrogen) atoms. The van der Waals surface area contributed by atoms with Gasteiger partial charge in [0.15, 0.2) is 0 Å². The lowest BCUT2D eigenvalue weighted by atomic mass is 9.92. The molecule has 0 aromatic heterocycles. The summed E-state index contributed by atoms with van der Waals surface area (Å²) in [6.45, 7) is 8.48. The maximum absolute atomic E-state index is 11.8. The molecule has 2 heterocycles. The van der Waals surface area contributed by atoms with Gasteiger partial charge in [0, 0.05) is 19.1 Å². The molecule has 0 spiro atoms. The first-order valence-corrected chi connectivity index (χ1v) is 8.36. The van der Waals surface area contributed by atoms with Crippen molar-refractivity contribution in [3.63, 3.8) is 0 Å². The maximum atomic E-state index is 11.8. The van der Waals surface area contributed by atoms with Crippen LogP contribution >= 0.6 is 12.4 Å². The van der Waals surface area contributed by atoms with Crippen LogP contribution in [0.25, 0.3) is 0 Å². The fraction of sp³-hybridized carbons (Fsp3) is 0.938. The molecule has 2 aliphatic rings. The molecule has 2 aliphatic heterocycles. The van der Waals surface area contributed by atoms with Gasteiger partial charge in [-0.2, -0.15) is 0 Å². The summed E-state index contributed by atoms with van der Waals surface area (Å²) in [5, 5.41) is 0. The molecule has 0 saturated carbocycles. The van der Waals surface area contributed by atoms with E-state index in [0.29, 0.717) is 0 Å². The first-order valence-electron chi connectivity index (χ1n) is 8.36. The van der Waals surface area contributed by atoms with Crippen LogP contribution in [0.3, 0.4) is 0 Å². The molecular formula is C16H32ClN3O. The van der Waals surface area contributed by atoms with Crippen LogP contribution in [-0.2, 0) is 4.79 Å². The molecule has 2 fully saturated rings. The summed E-state index contributed by atoms with van der Waals surface area (Å²) in [5.74, 6) is 0.911. The van der Waals surface area contributed by atoms with Crippen molar-refractivity contribution in [1.82, 2.24) is 9.80 Å². The lowest BCUT2D eigenvalue weighted by molar-refractivity contribution is -0.133. The van der Waals surface area contributed by atoms with Crippen LogP contribution < -0.4 is 5.73 Å². The zero-order valence-electron chi connectivity index (χ0n) is 13.6. The van der Waals surface area contributed by atoms with E-state index >= 15 is 0 Å². The Hall–Kier alpha value is -0.320. The fourth-order valence-corrected chi connectivity index (χ4v) is 3.57. The number of nitrogens with zero attached hydrogens (tertiary/aromatic N) is 2. The third kappa shape index (κ3) is 5.42. The monoisotopic (exact) mass is 317 g/mol. The van der Waals surface area contributed by atoms with Crippen LogP contribution in [0.1, 0.15) is 52.4 Å². The Balaban J connectivity index is 0.00000220. The number of likely N-dealkylation sites (tertiary alicyclic amines) is 2. The lowest BCUT2D eigenvalue weighted by Crippen LogP contribution is -2.46. The molecule has 2 N–H and O–H groups in total. The van der Waals surface area contributed by atoms with Gasteiger partial charge >= 0.3 is 0 Å². The Morgan fingerprint density at radius 3 is 2.43 bits per heavy atom. The van der Waals surface area contributed by atoms with Crippen molar-refractivity contribution in [3.05, 3.63) is 0 Å². The maximum Gasteiger partial charge on any atom is 0.239 e. The van der Waals surface area contributed by atoms with Gasteiger partial charge in [-0.15, -0.1) is 12.4 Å². The van der Waals surface area contributed by atoms with Crippen LogP contribution in [0.4, 0.5) is 0 Å². The standard InChI is InChI=1S/C16H31N3O.ClH/c1-13-5-3-4-9-18(13)10-6-15-7-11-19(12-8-15)16(20)14(2)17;/h13-15H,3-12,17H2,1-2H3;1H. The molecule has 2 atom stereocenters. The molecule has 2 unspecified atom stereocenters. The van der Waals surface area contributed by atoms with Crippen molar-refractivity contribution in [3.8, 4) is 0 Å². The smallest absolute Gasteiger partial charge is 0.239 e. The molecule has 2 rings (SSSR count). The molecule has 4 nitrogen and oxygen atoms in total. The van der Waals surface area contributed by atoms with Gasteiger partial charge in [0.1, 0.15) is 0 Å².